The van der Waals surface area contributed by atoms with Crippen LogP contribution in [0.5, 0.6) is 0 Å². The van der Waals surface area contributed by atoms with Crippen LogP contribution >= 0.6 is 0 Å². The van der Waals surface area contributed by atoms with E-state index in [1.165, 1.54) is 0 Å². The van der Waals surface area contributed by atoms with Crippen molar-refractivity contribution in [1.82, 2.24) is 4.90 Å². The summed E-state index contributed by atoms with van der Waals surface area (Å²) in [5.74, 6) is 4.22. The Morgan fingerprint density at radius 2 is 2.07 bits per heavy atom. The minimum absolute atomic E-state index is 0.289. The molecule has 0 radical (unpaired) electrons. The Morgan fingerprint density at radius 1 is 1.50 bits per heavy atom. The highest BCUT2D eigenvalue weighted by Crippen LogP contribution is 2.31. The summed E-state index contributed by atoms with van der Waals surface area (Å²) < 4.78 is 0. The molecule has 0 aliphatic heterocycles. The number of rotatable bonds is 2. The molecule has 0 spiro atoms. The summed E-state index contributed by atoms with van der Waals surface area (Å²) in [6.07, 6.45) is 2.02. The smallest absolute Gasteiger partial charge is 0.381 e. The van der Waals surface area contributed by atoms with Gasteiger partial charge < -0.3 is 10.0 Å². The van der Waals surface area contributed by atoms with Crippen LogP contribution in [0.4, 0.5) is 0 Å². The zero-order valence-corrected chi connectivity index (χ0v) is 8.95. The molecule has 0 amide bonds. The quantitative estimate of drug-likeness (QED) is 0.673. The van der Waals surface area contributed by atoms with Gasteiger partial charge in [0.25, 0.3) is 0 Å². The molecule has 1 rings (SSSR count). The van der Waals surface area contributed by atoms with E-state index in [9.17, 15) is 4.79 Å². The SMILES string of the molecule is CC(C)N(C)C1CC(C#CC(=O)O)C1. The maximum absolute atomic E-state index is 10.2. The van der Waals surface area contributed by atoms with E-state index in [-0.39, 0.29) is 5.92 Å². The fraction of sp³-hybridized carbons (Fsp3) is 0.727. The standard InChI is InChI=1S/C11H17NO2/c1-8(2)12(3)10-6-9(7-10)4-5-11(13)14/h8-10H,6-7H2,1-3H3,(H,13,14). The summed E-state index contributed by atoms with van der Waals surface area (Å²) in [5, 5.41) is 8.36. The summed E-state index contributed by atoms with van der Waals surface area (Å²) in [4.78, 5) is 12.5. The van der Waals surface area contributed by atoms with E-state index >= 15 is 0 Å². The molecule has 14 heavy (non-hydrogen) atoms. The van der Waals surface area contributed by atoms with Gasteiger partial charge in [-0.05, 0) is 33.7 Å². The monoisotopic (exact) mass is 195 g/mol. The highest BCUT2D eigenvalue weighted by molar-refractivity contribution is 5.86. The van der Waals surface area contributed by atoms with Gasteiger partial charge in [-0.2, -0.15) is 0 Å². The van der Waals surface area contributed by atoms with Gasteiger partial charge in [-0.25, -0.2) is 4.79 Å². The molecule has 0 aromatic heterocycles. The normalized spacial score (nSPS) is 25.5. The van der Waals surface area contributed by atoms with Crippen molar-refractivity contribution in [2.24, 2.45) is 5.92 Å². The predicted molar refractivity (Wildman–Crippen MR) is 54.8 cm³/mol. The molecule has 0 unspecified atom stereocenters. The van der Waals surface area contributed by atoms with E-state index < -0.39 is 5.97 Å². The van der Waals surface area contributed by atoms with Crippen molar-refractivity contribution < 1.29 is 9.90 Å². The molecule has 0 bridgehead atoms. The van der Waals surface area contributed by atoms with Crippen LogP contribution in [0.2, 0.25) is 0 Å². The number of hydrogen-bond donors (Lipinski definition) is 1. The molecule has 3 heteroatoms. The lowest BCUT2D eigenvalue weighted by Gasteiger charge is -2.41. The molecular weight excluding hydrogens is 178 g/mol. The Morgan fingerprint density at radius 3 is 2.50 bits per heavy atom. The van der Waals surface area contributed by atoms with Crippen LogP contribution < -0.4 is 0 Å². The number of carboxylic acids is 1. The van der Waals surface area contributed by atoms with Crippen LogP contribution in [-0.2, 0) is 4.79 Å². The van der Waals surface area contributed by atoms with E-state index in [0.29, 0.717) is 12.1 Å². The van der Waals surface area contributed by atoms with Crippen LogP contribution in [0.1, 0.15) is 26.7 Å². The largest absolute Gasteiger partial charge is 0.472 e. The highest BCUT2D eigenvalue weighted by Gasteiger charge is 2.31. The molecule has 1 aliphatic rings. The zero-order valence-electron chi connectivity index (χ0n) is 8.95. The van der Waals surface area contributed by atoms with E-state index in [4.69, 9.17) is 5.11 Å². The average Bonchev–Trinajstić information content (AvgIpc) is 2.00. The number of carboxylic acid groups (broad SMARTS) is 1. The Kier molecular flexibility index (Phi) is 3.54. The van der Waals surface area contributed by atoms with Crippen molar-refractivity contribution in [2.75, 3.05) is 7.05 Å². The van der Waals surface area contributed by atoms with Gasteiger partial charge in [-0.3, -0.25) is 0 Å². The van der Waals surface area contributed by atoms with E-state index in [1.54, 1.807) is 0 Å². The van der Waals surface area contributed by atoms with Crippen LogP contribution in [0, 0.1) is 17.8 Å². The lowest BCUT2D eigenvalue weighted by atomic mass is 9.79. The molecule has 0 saturated heterocycles. The van der Waals surface area contributed by atoms with Crippen LogP contribution in [-0.4, -0.2) is 35.1 Å². The van der Waals surface area contributed by atoms with Crippen molar-refractivity contribution in [3.05, 3.63) is 0 Å². The third-order valence-electron chi connectivity index (χ3n) is 2.89. The maximum Gasteiger partial charge on any atom is 0.381 e. The third-order valence-corrected chi connectivity index (χ3v) is 2.89. The molecule has 1 aliphatic carbocycles. The van der Waals surface area contributed by atoms with Gasteiger partial charge in [0.2, 0.25) is 0 Å². The van der Waals surface area contributed by atoms with Crippen molar-refractivity contribution in [2.45, 2.75) is 38.8 Å². The Bertz CT molecular complexity index is 269. The van der Waals surface area contributed by atoms with Gasteiger partial charge >= 0.3 is 5.97 Å². The molecular formula is C11H17NO2. The zero-order chi connectivity index (χ0) is 10.7. The lowest BCUT2D eigenvalue weighted by molar-refractivity contribution is -0.130. The summed E-state index contributed by atoms with van der Waals surface area (Å²) in [7, 11) is 2.11. The summed E-state index contributed by atoms with van der Waals surface area (Å²) >= 11 is 0. The molecule has 0 atom stereocenters. The summed E-state index contributed by atoms with van der Waals surface area (Å²) in [6, 6.07) is 1.14. The molecule has 0 aromatic carbocycles. The summed E-state index contributed by atoms with van der Waals surface area (Å²) in [6.45, 7) is 4.33. The molecule has 78 valence electrons. The molecule has 0 heterocycles. The second-order valence-corrected chi connectivity index (χ2v) is 4.16. The van der Waals surface area contributed by atoms with Crippen LogP contribution in [0.25, 0.3) is 0 Å². The minimum Gasteiger partial charge on any atom is -0.472 e. The first-order chi connectivity index (χ1) is 6.50. The van der Waals surface area contributed by atoms with Gasteiger partial charge in [-0.1, -0.05) is 5.92 Å². The predicted octanol–water partition coefficient (Wildman–Crippen LogP) is 1.19. The molecule has 1 N–H and O–H groups in total. The van der Waals surface area contributed by atoms with Crippen molar-refractivity contribution >= 4 is 5.97 Å². The number of hydrogen-bond acceptors (Lipinski definition) is 2. The molecule has 1 fully saturated rings. The van der Waals surface area contributed by atoms with Crippen molar-refractivity contribution in [3.63, 3.8) is 0 Å². The topological polar surface area (TPSA) is 40.5 Å². The van der Waals surface area contributed by atoms with Crippen molar-refractivity contribution in [1.29, 1.82) is 0 Å². The van der Waals surface area contributed by atoms with Gasteiger partial charge in [0.05, 0.1) is 0 Å². The Hall–Kier alpha value is -1.01. The van der Waals surface area contributed by atoms with E-state index in [0.717, 1.165) is 12.8 Å². The molecule has 3 nitrogen and oxygen atoms in total. The Balaban J connectivity index is 2.31. The van der Waals surface area contributed by atoms with Gasteiger partial charge in [0, 0.05) is 23.9 Å². The fourth-order valence-electron chi connectivity index (χ4n) is 1.62. The highest BCUT2D eigenvalue weighted by atomic mass is 16.4. The molecule has 0 aromatic rings. The lowest BCUT2D eigenvalue weighted by Crippen LogP contribution is -2.45. The van der Waals surface area contributed by atoms with Gasteiger partial charge in [0.15, 0.2) is 0 Å². The van der Waals surface area contributed by atoms with Gasteiger partial charge in [-0.15, -0.1) is 0 Å². The second kappa shape index (κ2) is 4.47. The first kappa shape index (κ1) is 11.1. The molecule has 1 saturated carbocycles. The second-order valence-electron chi connectivity index (χ2n) is 4.16. The average molecular weight is 195 g/mol. The van der Waals surface area contributed by atoms with E-state index in [2.05, 4.69) is 37.6 Å². The van der Waals surface area contributed by atoms with E-state index in [1.807, 2.05) is 0 Å². The maximum atomic E-state index is 10.2. The third kappa shape index (κ3) is 2.74. The first-order valence-electron chi connectivity index (χ1n) is 4.97. The van der Waals surface area contributed by atoms with Crippen LogP contribution in [0.15, 0.2) is 0 Å². The number of carbonyl (C=O) groups is 1. The van der Waals surface area contributed by atoms with Gasteiger partial charge in [0.1, 0.15) is 0 Å². The first-order valence-corrected chi connectivity index (χ1v) is 4.97. The fourth-order valence-corrected chi connectivity index (χ4v) is 1.62. The van der Waals surface area contributed by atoms with Crippen molar-refractivity contribution in [3.8, 4) is 11.8 Å². The summed E-state index contributed by atoms with van der Waals surface area (Å²) in [5.41, 5.74) is 0. The number of aliphatic carboxylic acids is 1. The van der Waals surface area contributed by atoms with Crippen LogP contribution in [0.3, 0.4) is 0 Å². The minimum atomic E-state index is -1.02. The number of nitrogens with zero attached hydrogens (tertiary/aromatic N) is 1. The Labute approximate surface area is 85.1 Å².